The van der Waals surface area contributed by atoms with Gasteiger partial charge in [0.2, 0.25) is 5.56 Å². The molecule has 1 aromatic rings. The van der Waals surface area contributed by atoms with Crippen molar-refractivity contribution in [1.29, 1.82) is 0 Å². The van der Waals surface area contributed by atoms with Crippen molar-refractivity contribution >= 4 is 17.7 Å². The largest absolute Gasteiger partial charge is 0.349 e. The van der Waals surface area contributed by atoms with Gasteiger partial charge < -0.3 is 10.3 Å². The predicted octanol–water partition coefficient (Wildman–Crippen LogP) is 1.39. The summed E-state index contributed by atoms with van der Waals surface area (Å²) in [5, 5.41) is 3.63. The first-order chi connectivity index (χ1) is 8.19. The molecular weight excluding hydrogens is 236 g/mol. The van der Waals surface area contributed by atoms with Gasteiger partial charge in [-0.25, -0.2) is 0 Å². The first kappa shape index (κ1) is 12.2. The summed E-state index contributed by atoms with van der Waals surface area (Å²) in [5.74, 6) is -0.150. The molecule has 0 radical (unpaired) electrons. The summed E-state index contributed by atoms with van der Waals surface area (Å²) in [4.78, 5) is 25.5. The van der Waals surface area contributed by atoms with Gasteiger partial charge in [0.1, 0.15) is 0 Å². The number of aromatic nitrogens is 1. The van der Waals surface area contributed by atoms with Crippen molar-refractivity contribution in [2.75, 3.05) is 6.26 Å². The molecule has 1 aromatic heterocycles. The van der Waals surface area contributed by atoms with Gasteiger partial charge in [-0.2, -0.15) is 11.8 Å². The Hall–Kier alpha value is -1.23. The summed E-state index contributed by atoms with van der Waals surface area (Å²) in [6, 6.07) is 3.20. The predicted molar refractivity (Wildman–Crippen MR) is 69.5 cm³/mol. The number of pyridine rings is 1. The molecule has 1 fully saturated rings. The van der Waals surface area contributed by atoms with Gasteiger partial charge in [0.05, 0.1) is 0 Å². The fourth-order valence-electron chi connectivity index (χ4n) is 2.14. The molecule has 0 aliphatic heterocycles. The van der Waals surface area contributed by atoms with Crippen molar-refractivity contribution in [2.45, 2.75) is 30.6 Å². The number of carbonyl (C=O) groups excluding carboxylic acids is 1. The van der Waals surface area contributed by atoms with E-state index in [4.69, 9.17) is 0 Å². The fourth-order valence-corrected chi connectivity index (χ4v) is 2.94. The summed E-state index contributed by atoms with van der Waals surface area (Å²) in [6.45, 7) is 0. The van der Waals surface area contributed by atoms with Crippen molar-refractivity contribution in [3.63, 3.8) is 0 Å². The molecule has 1 amide bonds. The minimum absolute atomic E-state index is 0.150. The van der Waals surface area contributed by atoms with Gasteiger partial charge in [0.25, 0.3) is 5.91 Å². The van der Waals surface area contributed by atoms with E-state index >= 15 is 0 Å². The third kappa shape index (κ3) is 3.12. The van der Waals surface area contributed by atoms with E-state index in [-0.39, 0.29) is 17.5 Å². The lowest BCUT2D eigenvalue weighted by Crippen LogP contribution is -2.33. The van der Waals surface area contributed by atoms with Gasteiger partial charge in [0, 0.05) is 29.1 Å². The zero-order chi connectivity index (χ0) is 12.3. The molecule has 0 saturated heterocycles. The number of amides is 1. The first-order valence-electron chi connectivity index (χ1n) is 5.71. The van der Waals surface area contributed by atoms with Gasteiger partial charge in [-0.15, -0.1) is 0 Å². The van der Waals surface area contributed by atoms with Crippen molar-refractivity contribution in [3.05, 3.63) is 34.2 Å². The van der Waals surface area contributed by atoms with E-state index in [0.717, 1.165) is 19.3 Å². The van der Waals surface area contributed by atoms with Crippen LogP contribution in [0, 0.1) is 0 Å². The Balaban J connectivity index is 1.96. The third-order valence-corrected chi connectivity index (χ3v) is 4.19. The Bertz CT molecular complexity index is 458. The van der Waals surface area contributed by atoms with Crippen molar-refractivity contribution < 1.29 is 4.79 Å². The molecule has 2 atom stereocenters. The number of H-pyrrole nitrogens is 1. The maximum atomic E-state index is 11.9. The van der Waals surface area contributed by atoms with Gasteiger partial charge in [-0.1, -0.05) is 0 Å². The van der Waals surface area contributed by atoms with E-state index in [9.17, 15) is 9.59 Å². The average molecular weight is 252 g/mol. The van der Waals surface area contributed by atoms with Crippen LogP contribution in [0.3, 0.4) is 0 Å². The van der Waals surface area contributed by atoms with Crippen LogP contribution in [0.2, 0.25) is 0 Å². The maximum Gasteiger partial charge on any atom is 0.251 e. The molecule has 2 N–H and O–H groups in total. The Morgan fingerprint density at radius 1 is 1.53 bits per heavy atom. The van der Waals surface area contributed by atoms with E-state index in [2.05, 4.69) is 16.6 Å². The number of thioether (sulfide) groups is 1. The summed E-state index contributed by atoms with van der Waals surface area (Å²) >= 11 is 1.86. The summed E-state index contributed by atoms with van der Waals surface area (Å²) in [6.07, 6.45) is 6.81. The number of rotatable bonds is 3. The molecule has 0 bridgehead atoms. The lowest BCUT2D eigenvalue weighted by atomic mass is 10.2. The normalized spacial score (nSPS) is 23.6. The zero-order valence-electron chi connectivity index (χ0n) is 9.73. The Morgan fingerprint density at radius 3 is 3.00 bits per heavy atom. The number of hydrogen-bond acceptors (Lipinski definition) is 3. The van der Waals surface area contributed by atoms with Crippen LogP contribution < -0.4 is 10.9 Å². The Labute approximate surface area is 104 Å². The number of nitrogens with one attached hydrogen (secondary N) is 2. The summed E-state index contributed by atoms with van der Waals surface area (Å²) in [7, 11) is 0. The molecular formula is C12H16N2O2S. The fraction of sp³-hybridized carbons (Fsp3) is 0.500. The Morgan fingerprint density at radius 2 is 2.35 bits per heavy atom. The smallest absolute Gasteiger partial charge is 0.251 e. The molecule has 92 valence electrons. The molecule has 4 nitrogen and oxygen atoms in total. The van der Waals surface area contributed by atoms with E-state index < -0.39 is 0 Å². The maximum absolute atomic E-state index is 11.9. The monoisotopic (exact) mass is 252 g/mol. The standard InChI is InChI=1S/C12H16N2O2S/c1-17-10-3-2-9(7-10)14-12(16)8-4-5-13-11(15)6-8/h4-6,9-10H,2-3,7H2,1H3,(H,13,15)(H,14,16). The molecule has 0 aromatic carbocycles. The second-order valence-corrected chi connectivity index (χ2v) is 5.42. The van der Waals surface area contributed by atoms with Crippen LogP contribution in [-0.2, 0) is 0 Å². The lowest BCUT2D eigenvalue weighted by Gasteiger charge is -2.12. The molecule has 5 heteroatoms. The highest BCUT2D eigenvalue weighted by Crippen LogP contribution is 2.28. The quantitative estimate of drug-likeness (QED) is 0.854. The number of hydrogen-bond donors (Lipinski definition) is 2. The molecule has 0 spiro atoms. The highest BCUT2D eigenvalue weighted by molar-refractivity contribution is 7.99. The van der Waals surface area contributed by atoms with Crippen molar-refractivity contribution in [1.82, 2.24) is 10.3 Å². The van der Waals surface area contributed by atoms with Gasteiger partial charge in [-0.05, 0) is 31.6 Å². The van der Waals surface area contributed by atoms with Crippen molar-refractivity contribution in [2.24, 2.45) is 0 Å². The second-order valence-electron chi connectivity index (χ2n) is 4.28. The average Bonchev–Trinajstić information content (AvgIpc) is 2.77. The highest BCUT2D eigenvalue weighted by atomic mass is 32.2. The van der Waals surface area contributed by atoms with E-state index in [1.807, 2.05) is 11.8 Å². The van der Waals surface area contributed by atoms with Crippen LogP contribution >= 0.6 is 11.8 Å². The summed E-state index contributed by atoms with van der Waals surface area (Å²) in [5.41, 5.74) is 0.187. The van der Waals surface area contributed by atoms with Crippen LogP contribution in [0.15, 0.2) is 23.1 Å². The van der Waals surface area contributed by atoms with Crippen LogP contribution in [-0.4, -0.2) is 28.4 Å². The third-order valence-electron chi connectivity index (χ3n) is 3.09. The molecule has 1 aliphatic carbocycles. The van der Waals surface area contributed by atoms with Crippen LogP contribution in [0.5, 0.6) is 0 Å². The second kappa shape index (κ2) is 5.40. The minimum atomic E-state index is -0.244. The molecule has 2 rings (SSSR count). The summed E-state index contributed by atoms with van der Waals surface area (Å²) < 4.78 is 0. The van der Waals surface area contributed by atoms with E-state index in [0.29, 0.717) is 10.8 Å². The van der Waals surface area contributed by atoms with E-state index in [1.54, 1.807) is 6.07 Å². The number of aromatic amines is 1. The van der Waals surface area contributed by atoms with Gasteiger partial charge in [0.15, 0.2) is 0 Å². The molecule has 1 heterocycles. The lowest BCUT2D eigenvalue weighted by molar-refractivity contribution is 0.0937. The van der Waals surface area contributed by atoms with E-state index in [1.165, 1.54) is 12.3 Å². The van der Waals surface area contributed by atoms with Crippen LogP contribution in [0.25, 0.3) is 0 Å². The first-order valence-corrected chi connectivity index (χ1v) is 7.00. The minimum Gasteiger partial charge on any atom is -0.349 e. The molecule has 17 heavy (non-hydrogen) atoms. The Kier molecular flexibility index (Phi) is 3.89. The molecule has 1 aliphatic rings. The van der Waals surface area contributed by atoms with Crippen LogP contribution in [0.4, 0.5) is 0 Å². The zero-order valence-corrected chi connectivity index (χ0v) is 10.5. The van der Waals surface area contributed by atoms with Gasteiger partial charge in [-0.3, -0.25) is 9.59 Å². The topological polar surface area (TPSA) is 62.0 Å². The molecule has 1 saturated carbocycles. The SMILES string of the molecule is CSC1CCC(NC(=O)c2cc[nH]c(=O)c2)C1. The van der Waals surface area contributed by atoms with Gasteiger partial charge >= 0.3 is 0 Å². The van der Waals surface area contributed by atoms with Crippen LogP contribution in [0.1, 0.15) is 29.6 Å². The number of carbonyl (C=O) groups is 1. The van der Waals surface area contributed by atoms with Crippen molar-refractivity contribution in [3.8, 4) is 0 Å². The highest BCUT2D eigenvalue weighted by Gasteiger charge is 2.25. The molecule has 2 unspecified atom stereocenters.